The summed E-state index contributed by atoms with van der Waals surface area (Å²) < 4.78 is 10.8. The summed E-state index contributed by atoms with van der Waals surface area (Å²) in [5.74, 6) is 2.07. The van der Waals surface area contributed by atoms with Gasteiger partial charge in [-0.2, -0.15) is 6.07 Å². The Balaban J connectivity index is 0.00000338. The summed E-state index contributed by atoms with van der Waals surface area (Å²) in [5, 5.41) is 5.53. The minimum Gasteiger partial charge on any atom is -0.503 e. The molecule has 0 aliphatic heterocycles. The van der Waals surface area contributed by atoms with Gasteiger partial charge in [-0.05, 0) is 57.0 Å². The van der Waals surface area contributed by atoms with Gasteiger partial charge in [0.25, 0.3) is 0 Å². The molecule has 0 spiro atoms. The van der Waals surface area contributed by atoms with Crippen molar-refractivity contribution in [3.05, 3.63) is 121 Å². The molecular weight excluding hydrogens is 748 g/mol. The molecule has 0 aliphatic carbocycles. The molecule has 0 aliphatic rings. The Bertz CT molecular complexity index is 2430. The first kappa shape index (κ1) is 30.2. The standard InChI is InChI=1S/C40H34N4O.Pt/c1-39(2,3)25-21-32(40(4,5)6)37-30-17-15-26(23-31(30)38-42-19-20-43(38)35(37)22-25)45-27-14-16-29-28-11-7-8-12-33(28)44(34(29)24-27)36-13-9-10-18-41-36;/h7-22H,1-6H3;/q-2;+2. The van der Waals surface area contributed by atoms with Crippen molar-refractivity contribution in [2.45, 2.75) is 52.4 Å². The maximum absolute atomic E-state index is 6.50. The van der Waals surface area contributed by atoms with E-state index in [1.807, 2.05) is 42.7 Å². The fourth-order valence-electron chi connectivity index (χ4n) is 6.50. The fraction of sp³-hybridized carbons (Fsp3) is 0.200. The molecule has 4 aromatic carbocycles. The van der Waals surface area contributed by atoms with Crippen LogP contribution >= 0.6 is 0 Å². The van der Waals surface area contributed by atoms with E-state index >= 15 is 0 Å². The third-order valence-corrected chi connectivity index (χ3v) is 8.76. The molecule has 8 rings (SSSR count). The van der Waals surface area contributed by atoms with Crippen LogP contribution in [0.3, 0.4) is 0 Å². The number of benzene rings is 4. The molecule has 0 unspecified atom stereocenters. The topological polar surface area (TPSA) is 44.3 Å². The van der Waals surface area contributed by atoms with E-state index in [9.17, 15) is 0 Å². The first-order chi connectivity index (χ1) is 21.6. The number of pyridine rings is 2. The molecule has 0 radical (unpaired) electrons. The Morgan fingerprint density at radius 2 is 1.41 bits per heavy atom. The van der Waals surface area contributed by atoms with Crippen LogP contribution in [0.2, 0.25) is 0 Å². The van der Waals surface area contributed by atoms with E-state index < -0.39 is 0 Å². The van der Waals surface area contributed by atoms with Crippen molar-refractivity contribution in [3.8, 4) is 17.3 Å². The van der Waals surface area contributed by atoms with Crippen molar-refractivity contribution in [1.82, 2.24) is 18.9 Å². The maximum atomic E-state index is 6.50. The van der Waals surface area contributed by atoms with Crippen molar-refractivity contribution in [2.75, 3.05) is 0 Å². The van der Waals surface area contributed by atoms with Crippen molar-refractivity contribution in [3.63, 3.8) is 0 Å². The summed E-state index contributed by atoms with van der Waals surface area (Å²) in [6.07, 6.45) is 5.74. The van der Waals surface area contributed by atoms with Crippen LogP contribution in [0.15, 0.2) is 97.5 Å². The van der Waals surface area contributed by atoms with Gasteiger partial charge in [0.2, 0.25) is 0 Å². The molecule has 0 saturated heterocycles. The average Bonchev–Trinajstić information content (AvgIpc) is 3.64. The van der Waals surface area contributed by atoms with Crippen LogP contribution in [-0.4, -0.2) is 18.9 Å². The fourth-order valence-corrected chi connectivity index (χ4v) is 6.50. The molecule has 0 N–H and O–H groups in total. The molecule has 46 heavy (non-hydrogen) atoms. The Morgan fingerprint density at radius 3 is 2.15 bits per heavy atom. The number of imidazole rings is 1. The van der Waals surface area contributed by atoms with Gasteiger partial charge in [-0.15, -0.1) is 29.7 Å². The first-order valence-electron chi connectivity index (χ1n) is 15.4. The largest absolute Gasteiger partial charge is 2.00 e. The molecule has 0 bridgehead atoms. The van der Waals surface area contributed by atoms with E-state index in [1.165, 1.54) is 16.5 Å². The Hall–Kier alpha value is -4.47. The number of nitrogens with zero attached hydrogens (tertiary/aromatic N) is 4. The second-order valence-electron chi connectivity index (χ2n) is 13.9. The first-order valence-corrected chi connectivity index (χ1v) is 15.4. The van der Waals surface area contributed by atoms with Crippen molar-refractivity contribution in [2.24, 2.45) is 0 Å². The molecule has 4 heterocycles. The van der Waals surface area contributed by atoms with Crippen LogP contribution in [0.1, 0.15) is 52.7 Å². The van der Waals surface area contributed by atoms with Gasteiger partial charge in [-0.1, -0.05) is 94.2 Å². The van der Waals surface area contributed by atoms with Gasteiger partial charge in [0.05, 0.1) is 5.65 Å². The van der Waals surface area contributed by atoms with Crippen LogP contribution in [-0.2, 0) is 31.9 Å². The Labute approximate surface area is 283 Å². The zero-order chi connectivity index (χ0) is 31.1. The predicted molar refractivity (Wildman–Crippen MR) is 184 cm³/mol. The van der Waals surface area contributed by atoms with Crippen LogP contribution in [0.25, 0.3) is 54.9 Å². The summed E-state index contributed by atoms with van der Waals surface area (Å²) in [7, 11) is 0. The SMILES string of the molecule is CC(C)(C)c1cc(C(C)(C)C)c2c3ccc(Oc4[c-]c5c(cc4)c4ccccc4n5-c4ccccn4)[c-]c3c3nccn3c2c1.[Pt+2]. The van der Waals surface area contributed by atoms with E-state index in [0.29, 0.717) is 11.5 Å². The van der Waals surface area contributed by atoms with Crippen LogP contribution in [0, 0.1) is 12.1 Å². The summed E-state index contributed by atoms with van der Waals surface area (Å²) in [5.41, 5.74) is 6.60. The van der Waals surface area contributed by atoms with Crippen LogP contribution in [0.4, 0.5) is 0 Å². The minimum atomic E-state index is -0.0632. The third-order valence-electron chi connectivity index (χ3n) is 8.76. The normalized spacial score (nSPS) is 12.4. The minimum absolute atomic E-state index is 0. The van der Waals surface area contributed by atoms with Gasteiger partial charge < -0.3 is 13.7 Å². The number of fused-ring (bicyclic) bond motifs is 9. The third kappa shape index (κ3) is 4.80. The van der Waals surface area contributed by atoms with E-state index in [-0.39, 0.29) is 31.9 Å². The van der Waals surface area contributed by atoms with Crippen LogP contribution in [0.5, 0.6) is 11.5 Å². The Kier molecular flexibility index (Phi) is 7.10. The summed E-state index contributed by atoms with van der Waals surface area (Å²) in [4.78, 5) is 9.44. The van der Waals surface area contributed by atoms with E-state index in [2.05, 4.69) is 122 Å². The Morgan fingerprint density at radius 1 is 0.674 bits per heavy atom. The number of aromatic nitrogens is 4. The molecule has 230 valence electrons. The molecule has 0 amide bonds. The summed E-state index contributed by atoms with van der Waals surface area (Å²) >= 11 is 0. The van der Waals surface area contributed by atoms with Crippen LogP contribution < -0.4 is 4.74 Å². The molecule has 0 atom stereocenters. The zero-order valence-electron chi connectivity index (χ0n) is 26.8. The molecule has 4 aromatic heterocycles. The second kappa shape index (κ2) is 10.8. The molecule has 0 saturated carbocycles. The quantitative estimate of drug-likeness (QED) is 0.133. The van der Waals surface area contributed by atoms with Gasteiger partial charge in [0, 0.05) is 41.1 Å². The van der Waals surface area contributed by atoms with Crippen molar-refractivity contribution < 1.29 is 25.8 Å². The summed E-state index contributed by atoms with van der Waals surface area (Å²) in [6, 6.07) is 34.4. The monoisotopic (exact) mass is 781 g/mol. The smallest absolute Gasteiger partial charge is 0.503 e. The molecule has 6 heteroatoms. The summed E-state index contributed by atoms with van der Waals surface area (Å²) in [6.45, 7) is 13.7. The van der Waals surface area contributed by atoms with Gasteiger partial charge in [-0.25, -0.2) is 4.98 Å². The second-order valence-corrected chi connectivity index (χ2v) is 13.9. The van der Waals surface area contributed by atoms with Gasteiger partial charge >= 0.3 is 21.1 Å². The van der Waals surface area contributed by atoms with Gasteiger partial charge in [-0.3, -0.25) is 4.98 Å². The predicted octanol–water partition coefficient (Wildman–Crippen LogP) is 10.1. The number of hydrogen-bond donors (Lipinski definition) is 0. The van der Waals surface area contributed by atoms with Crippen molar-refractivity contribution in [1.29, 1.82) is 0 Å². The number of ether oxygens (including phenoxy) is 1. The molecule has 8 aromatic rings. The van der Waals surface area contributed by atoms with E-state index in [1.54, 1.807) is 0 Å². The van der Waals surface area contributed by atoms with Gasteiger partial charge in [0.1, 0.15) is 5.82 Å². The number of para-hydroxylation sites is 1. The molecular formula is C40H34N4OPt. The van der Waals surface area contributed by atoms with E-state index in [0.717, 1.165) is 49.6 Å². The van der Waals surface area contributed by atoms with Gasteiger partial charge in [0.15, 0.2) is 0 Å². The maximum Gasteiger partial charge on any atom is 2.00 e. The molecule has 0 fully saturated rings. The molecule has 5 nitrogen and oxygen atoms in total. The average molecular weight is 782 g/mol. The van der Waals surface area contributed by atoms with E-state index in [4.69, 9.17) is 9.72 Å². The zero-order valence-corrected chi connectivity index (χ0v) is 29.0. The van der Waals surface area contributed by atoms with Crippen molar-refractivity contribution >= 4 is 49.1 Å². The number of hydrogen-bond acceptors (Lipinski definition) is 3. The number of rotatable bonds is 3.